The van der Waals surface area contributed by atoms with Gasteiger partial charge in [0.2, 0.25) is 10.0 Å². The van der Waals surface area contributed by atoms with E-state index in [4.69, 9.17) is 32.7 Å². The zero-order chi connectivity index (χ0) is 34.0. The molecule has 3 aromatic rings. The molecular weight excluding hydrogens is 687 g/mol. The van der Waals surface area contributed by atoms with Gasteiger partial charge in [0.05, 0.1) is 24.0 Å². The van der Waals surface area contributed by atoms with Crippen LogP contribution in [0.4, 0.5) is 8.78 Å². The number of hydrogen-bond donors (Lipinski definition) is 1. The Morgan fingerprint density at radius 1 is 1.06 bits per heavy atom. The van der Waals surface area contributed by atoms with E-state index in [1.807, 2.05) is 0 Å². The number of nitrogens with zero attached hydrogens (tertiary/aromatic N) is 2. The highest BCUT2D eigenvalue weighted by Gasteiger charge is 2.38. The number of alkyl halides is 2. The predicted octanol–water partition coefficient (Wildman–Crippen LogP) is 4.19. The number of imide groups is 1. The van der Waals surface area contributed by atoms with E-state index in [1.165, 1.54) is 36.4 Å². The molecule has 1 aliphatic heterocycles. The van der Waals surface area contributed by atoms with E-state index < -0.39 is 47.1 Å². The minimum Gasteiger partial charge on any atom is -0.619 e. The van der Waals surface area contributed by atoms with Crippen molar-refractivity contribution in [2.24, 2.45) is 5.92 Å². The molecule has 2 heterocycles. The summed E-state index contributed by atoms with van der Waals surface area (Å²) in [4.78, 5) is 40.2. The Hall–Kier alpha value is -4.05. The number of sulfonamides is 1. The molecule has 17 heteroatoms. The average molecular weight is 715 g/mol. The molecule has 1 saturated carbocycles. The largest absolute Gasteiger partial charge is 0.619 e. The highest BCUT2D eigenvalue weighted by molar-refractivity contribution is 7.88. The smallest absolute Gasteiger partial charge is 0.387 e. The third-order valence-corrected chi connectivity index (χ3v) is 8.63. The van der Waals surface area contributed by atoms with Crippen LogP contribution in [-0.2, 0) is 32.5 Å². The van der Waals surface area contributed by atoms with Crippen molar-refractivity contribution in [3.63, 3.8) is 0 Å². The lowest BCUT2D eigenvalue weighted by Crippen LogP contribution is -2.36. The Balaban J connectivity index is 1.40. The number of pyridine rings is 1. The average Bonchev–Trinajstić information content (AvgIpc) is 3.79. The lowest BCUT2D eigenvalue weighted by Gasteiger charge is -2.22. The Labute approximate surface area is 277 Å². The second-order valence-corrected chi connectivity index (χ2v) is 13.6. The van der Waals surface area contributed by atoms with Crippen LogP contribution < -0.4 is 18.9 Å². The number of amides is 2. The molecule has 0 saturated heterocycles. The van der Waals surface area contributed by atoms with Gasteiger partial charge in [-0.2, -0.15) is 13.5 Å². The number of fused-ring (bicyclic) bond motifs is 1. The quantitative estimate of drug-likeness (QED) is 0.112. The third kappa shape index (κ3) is 8.66. The second-order valence-electron chi connectivity index (χ2n) is 11.0. The van der Waals surface area contributed by atoms with Crippen molar-refractivity contribution in [3.05, 3.63) is 91.9 Å². The van der Waals surface area contributed by atoms with Crippen LogP contribution in [0.1, 0.15) is 56.4 Å². The fraction of sp³-hybridized carbons (Fsp3) is 0.333. The zero-order valence-electron chi connectivity index (χ0n) is 24.6. The van der Waals surface area contributed by atoms with E-state index in [-0.39, 0.29) is 69.3 Å². The van der Waals surface area contributed by atoms with Crippen LogP contribution in [-0.4, -0.2) is 57.1 Å². The van der Waals surface area contributed by atoms with Gasteiger partial charge in [-0.1, -0.05) is 35.3 Å². The number of halogens is 4. The van der Waals surface area contributed by atoms with Crippen LogP contribution in [0.15, 0.2) is 48.8 Å². The fourth-order valence-corrected chi connectivity index (χ4v) is 5.82. The first kappa shape index (κ1) is 34.3. The van der Waals surface area contributed by atoms with Gasteiger partial charge in [0.1, 0.15) is 22.7 Å². The molecule has 0 spiro atoms. The fourth-order valence-electron chi connectivity index (χ4n) is 4.79. The van der Waals surface area contributed by atoms with Gasteiger partial charge in [0.25, 0.3) is 11.8 Å². The number of benzene rings is 2. The van der Waals surface area contributed by atoms with Crippen molar-refractivity contribution < 1.29 is 50.5 Å². The molecule has 1 aliphatic carbocycles. The summed E-state index contributed by atoms with van der Waals surface area (Å²) in [6.45, 7) is -3.81. The number of rotatable bonds is 14. The molecule has 1 aromatic heterocycles. The number of carbonyl (C=O) groups excluding carboxylic acids is 3. The highest BCUT2D eigenvalue weighted by Crippen LogP contribution is 2.38. The molecule has 1 unspecified atom stereocenters. The van der Waals surface area contributed by atoms with Gasteiger partial charge < -0.3 is 19.4 Å². The molecule has 2 aliphatic rings. The molecule has 5 rings (SSSR count). The summed E-state index contributed by atoms with van der Waals surface area (Å²) in [5, 5.41) is 11.7. The Kier molecular flexibility index (Phi) is 10.2. The van der Waals surface area contributed by atoms with Crippen LogP contribution in [0.3, 0.4) is 0 Å². The van der Waals surface area contributed by atoms with Gasteiger partial charge in [-0.25, -0.2) is 13.1 Å². The van der Waals surface area contributed by atoms with Gasteiger partial charge in [-0.05, 0) is 54.2 Å². The summed E-state index contributed by atoms with van der Waals surface area (Å²) in [7, 11) is -3.52. The Morgan fingerprint density at radius 2 is 1.74 bits per heavy atom. The molecule has 0 bridgehead atoms. The van der Waals surface area contributed by atoms with Crippen LogP contribution in [0, 0.1) is 11.1 Å². The first-order valence-electron chi connectivity index (χ1n) is 14.1. The molecule has 2 amide bonds. The Morgan fingerprint density at radius 3 is 2.38 bits per heavy atom. The maximum Gasteiger partial charge on any atom is 0.387 e. The van der Waals surface area contributed by atoms with E-state index in [9.17, 15) is 36.8 Å². The SMILES string of the molecule is CS(=O)(=O)NCc1ccc2c(c1)C(=O)N(CC(=O)OC(Cc1c(Cl)c[n+]([O-])cc1Cl)c1ccc(OC(F)F)c(OCC3CC3)c1)C2=O. The first-order chi connectivity index (χ1) is 22.2. The topological polar surface area (TPSA) is 155 Å². The summed E-state index contributed by atoms with van der Waals surface area (Å²) in [6.07, 6.45) is 3.50. The molecule has 250 valence electrons. The highest BCUT2D eigenvalue weighted by atomic mass is 35.5. The number of nitrogens with one attached hydrogen (secondary N) is 1. The van der Waals surface area contributed by atoms with Crippen molar-refractivity contribution in [3.8, 4) is 11.5 Å². The van der Waals surface area contributed by atoms with Crippen LogP contribution >= 0.6 is 23.2 Å². The summed E-state index contributed by atoms with van der Waals surface area (Å²) in [5.41, 5.74) is 0.885. The van der Waals surface area contributed by atoms with Gasteiger partial charge >= 0.3 is 12.6 Å². The van der Waals surface area contributed by atoms with E-state index in [2.05, 4.69) is 9.46 Å². The summed E-state index contributed by atoms with van der Waals surface area (Å²) >= 11 is 12.6. The molecule has 47 heavy (non-hydrogen) atoms. The zero-order valence-corrected chi connectivity index (χ0v) is 26.9. The second kappa shape index (κ2) is 14.0. The minimum absolute atomic E-state index is 0.0169. The molecule has 1 fully saturated rings. The molecular formula is C30H27Cl2F2N3O9S. The third-order valence-electron chi connectivity index (χ3n) is 7.31. The van der Waals surface area contributed by atoms with E-state index in [0.717, 1.165) is 31.5 Å². The molecule has 12 nitrogen and oxygen atoms in total. The van der Waals surface area contributed by atoms with Gasteiger partial charge in [-0.3, -0.25) is 19.3 Å². The number of ether oxygens (including phenoxy) is 3. The van der Waals surface area contributed by atoms with Crippen molar-refractivity contribution in [2.75, 3.05) is 19.4 Å². The number of hydrogen-bond acceptors (Lipinski definition) is 9. The molecule has 2 aromatic carbocycles. The van der Waals surface area contributed by atoms with Crippen molar-refractivity contribution >= 4 is 51.0 Å². The van der Waals surface area contributed by atoms with Gasteiger partial charge in [-0.15, -0.1) is 0 Å². The van der Waals surface area contributed by atoms with Crippen molar-refractivity contribution in [1.29, 1.82) is 0 Å². The van der Waals surface area contributed by atoms with E-state index in [1.54, 1.807) is 0 Å². The summed E-state index contributed by atoms with van der Waals surface area (Å²) in [6, 6.07) is 8.15. The summed E-state index contributed by atoms with van der Waals surface area (Å²) < 4.78 is 68.0. The van der Waals surface area contributed by atoms with Gasteiger partial charge in [0.15, 0.2) is 23.9 Å². The standard InChI is InChI=1S/C30H27Cl2F2N3O9S/c1-47(42,43)35-11-17-4-6-19-20(8-17)29(40)37(28(19)39)14-27(38)45-25(10-21-22(31)12-36(41)13-23(21)32)18-5-7-24(46-30(33)34)26(9-18)44-15-16-2-3-16/h4-9,12-13,16,25,30,35H,2-3,10-11,14-15H2,1H3. The maximum atomic E-state index is 13.3. The summed E-state index contributed by atoms with van der Waals surface area (Å²) in [5.74, 6) is -2.58. The van der Waals surface area contributed by atoms with Crippen molar-refractivity contribution in [1.82, 2.24) is 9.62 Å². The lowest BCUT2D eigenvalue weighted by atomic mass is 10.0. The normalized spacial score (nSPS) is 15.1. The van der Waals surface area contributed by atoms with Crippen LogP contribution in [0.25, 0.3) is 0 Å². The predicted molar refractivity (Wildman–Crippen MR) is 163 cm³/mol. The van der Waals surface area contributed by atoms with Crippen LogP contribution in [0.2, 0.25) is 10.0 Å². The molecule has 1 N–H and O–H groups in total. The number of esters is 1. The number of carbonyl (C=O) groups is 3. The minimum atomic E-state index is -3.52. The Bertz CT molecular complexity index is 1820. The van der Waals surface area contributed by atoms with E-state index >= 15 is 0 Å². The number of aromatic nitrogens is 1. The molecule has 1 atom stereocenters. The lowest BCUT2D eigenvalue weighted by molar-refractivity contribution is -0.605. The van der Waals surface area contributed by atoms with Crippen LogP contribution in [0.5, 0.6) is 11.5 Å². The monoisotopic (exact) mass is 713 g/mol. The van der Waals surface area contributed by atoms with Gasteiger partial charge in [0, 0.05) is 18.5 Å². The van der Waals surface area contributed by atoms with E-state index in [0.29, 0.717) is 15.2 Å². The molecule has 0 radical (unpaired) electrons. The first-order valence-corrected chi connectivity index (χ1v) is 16.7. The maximum absolute atomic E-state index is 13.3. The van der Waals surface area contributed by atoms with Crippen molar-refractivity contribution in [2.45, 2.75) is 38.5 Å².